The van der Waals surface area contributed by atoms with Gasteiger partial charge in [0.15, 0.2) is 5.84 Å². The van der Waals surface area contributed by atoms with Gasteiger partial charge in [0, 0.05) is 36.4 Å². The Bertz CT molecular complexity index is 1320. The van der Waals surface area contributed by atoms with Crippen molar-refractivity contribution in [1.82, 2.24) is 9.80 Å². The number of hydrogen-bond acceptors (Lipinski definition) is 5. The molecule has 0 unspecified atom stereocenters. The first-order valence-electron chi connectivity index (χ1n) is 10.7. The summed E-state index contributed by atoms with van der Waals surface area (Å²) in [6, 6.07) is 19.5. The number of carbonyl (C=O) groups is 1. The average molecular weight is 481 g/mol. The molecule has 176 valence electrons. The number of anilines is 1. The van der Waals surface area contributed by atoms with Crippen LogP contribution in [0.3, 0.4) is 0 Å². The SMILES string of the molecule is CN(C)CCN(Cc1ccc(F)cc1)C(=O)c1ccc(NC2=NS(=O)(=O)c3ccccc32)cc1. The molecule has 0 atom stereocenters. The molecule has 1 amide bonds. The van der Waals surface area contributed by atoms with E-state index in [1.165, 1.54) is 18.2 Å². The lowest BCUT2D eigenvalue weighted by molar-refractivity contribution is 0.0732. The molecule has 1 aliphatic heterocycles. The van der Waals surface area contributed by atoms with Gasteiger partial charge in [-0.1, -0.05) is 24.3 Å². The fourth-order valence-corrected chi connectivity index (χ4v) is 4.77. The number of nitrogens with one attached hydrogen (secondary N) is 1. The van der Waals surface area contributed by atoms with Crippen molar-refractivity contribution in [3.63, 3.8) is 0 Å². The van der Waals surface area contributed by atoms with Crippen LogP contribution >= 0.6 is 0 Å². The third kappa shape index (κ3) is 5.32. The summed E-state index contributed by atoms with van der Waals surface area (Å²) < 4.78 is 41.6. The van der Waals surface area contributed by atoms with E-state index in [1.54, 1.807) is 59.5 Å². The standard InChI is InChI=1S/C25H25FN4O3S/c1-29(2)15-16-30(17-18-7-11-20(26)12-8-18)25(31)19-9-13-21(14-10-19)27-24-22-5-3-4-6-23(22)34(32,33)28-24/h3-14H,15-17H2,1-2H3,(H,27,28). The zero-order chi connectivity index (χ0) is 24.3. The summed E-state index contributed by atoms with van der Waals surface area (Å²) in [6.07, 6.45) is 0. The first-order chi connectivity index (χ1) is 16.2. The summed E-state index contributed by atoms with van der Waals surface area (Å²) in [5, 5.41) is 3.04. The Morgan fingerprint density at radius 1 is 0.941 bits per heavy atom. The number of benzene rings is 3. The number of nitrogens with zero attached hydrogens (tertiary/aromatic N) is 3. The van der Waals surface area contributed by atoms with Crippen LogP contribution in [0.25, 0.3) is 0 Å². The molecule has 0 saturated carbocycles. The van der Waals surface area contributed by atoms with Gasteiger partial charge in [0.05, 0.1) is 0 Å². The Hall–Kier alpha value is -3.56. The van der Waals surface area contributed by atoms with Gasteiger partial charge in [-0.25, -0.2) is 4.39 Å². The van der Waals surface area contributed by atoms with Crippen LogP contribution in [-0.4, -0.2) is 57.1 Å². The second-order valence-corrected chi connectivity index (χ2v) is 9.84. The van der Waals surface area contributed by atoms with Gasteiger partial charge in [0.1, 0.15) is 10.7 Å². The number of hydrogen-bond donors (Lipinski definition) is 1. The van der Waals surface area contributed by atoms with Crippen molar-refractivity contribution in [1.29, 1.82) is 0 Å². The van der Waals surface area contributed by atoms with Gasteiger partial charge in [0.25, 0.3) is 15.9 Å². The molecule has 1 aliphatic rings. The molecule has 0 radical (unpaired) electrons. The number of rotatable bonds is 7. The Morgan fingerprint density at radius 3 is 2.29 bits per heavy atom. The lowest BCUT2D eigenvalue weighted by Gasteiger charge is -2.25. The average Bonchev–Trinajstić information content (AvgIpc) is 3.08. The number of amidine groups is 1. The molecule has 0 bridgehead atoms. The van der Waals surface area contributed by atoms with Crippen LogP contribution in [-0.2, 0) is 16.6 Å². The molecule has 4 rings (SSSR count). The molecule has 0 aliphatic carbocycles. The van der Waals surface area contributed by atoms with Gasteiger partial charge in [-0.05, 0) is 68.2 Å². The minimum Gasteiger partial charge on any atom is -0.339 e. The molecule has 1 N–H and O–H groups in total. The summed E-state index contributed by atoms with van der Waals surface area (Å²) in [5.74, 6) is -0.220. The maximum absolute atomic E-state index is 13.3. The molecule has 1 heterocycles. The predicted molar refractivity (Wildman–Crippen MR) is 130 cm³/mol. The fraction of sp³-hybridized carbons (Fsp3) is 0.200. The molecule has 0 saturated heterocycles. The Morgan fingerprint density at radius 2 is 1.62 bits per heavy atom. The monoisotopic (exact) mass is 480 g/mol. The minimum atomic E-state index is -3.72. The van der Waals surface area contributed by atoms with Crippen LogP contribution < -0.4 is 5.32 Å². The maximum atomic E-state index is 13.3. The van der Waals surface area contributed by atoms with Gasteiger partial charge in [0.2, 0.25) is 0 Å². The summed E-state index contributed by atoms with van der Waals surface area (Å²) in [6.45, 7) is 1.55. The van der Waals surface area contributed by atoms with E-state index in [1.807, 2.05) is 19.0 Å². The Labute approximate surface area is 198 Å². The third-order valence-electron chi connectivity index (χ3n) is 5.42. The molecule has 9 heteroatoms. The van der Waals surface area contributed by atoms with E-state index in [4.69, 9.17) is 0 Å². The van der Waals surface area contributed by atoms with Crippen LogP contribution in [0.15, 0.2) is 82.1 Å². The third-order valence-corrected chi connectivity index (χ3v) is 6.75. The highest BCUT2D eigenvalue weighted by atomic mass is 32.2. The second-order valence-electron chi connectivity index (χ2n) is 8.27. The van der Waals surface area contributed by atoms with Crippen LogP contribution in [0.5, 0.6) is 0 Å². The molecule has 0 spiro atoms. The van der Waals surface area contributed by atoms with Crippen LogP contribution in [0, 0.1) is 5.82 Å². The zero-order valence-corrected chi connectivity index (χ0v) is 19.7. The van der Waals surface area contributed by atoms with Gasteiger partial charge in [-0.2, -0.15) is 8.42 Å². The molecular formula is C25H25FN4O3S. The normalized spacial score (nSPS) is 13.9. The quantitative estimate of drug-likeness (QED) is 0.559. The Kier molecular flexibility index (Phi) is 6.76. The molecule has 0 fully saturated rings. The number of amides is 1. The van der Waals surface area contributed by atoms with Crippen molar-refractivity contribution < 1.29 is 17.6 Å². The van der Waals surface area contributed by atoms with Crippen molar-refractivity contribution in [2.24, 2.45) is 4.40 Å². The van der Waals surface area contributed by atoms with E-state index in [0.717, 1.165) is 5.56 Å². The van der Waals surface area contributed by atoms with Crippen molar-refractivity contribution >= 4 is 27.5 Å². The Balaban J connectivity index is 1.51. The van der Waals surface area contributed by atoms with E-state index in [-0.39, 0.29) is 22.5 Å². The van der Waals surface area contributed by atoms with Gasteiger partial charge in [-0.3, -0.25) is 4.79 Å². The number of halogens is 1. The highest BCUT2D eigenvalue weighted by Gasteiger charge is 2.28. The molecular weight excluding hydrogens is 455 g/mol. The summed E-state index contributed by atoms with van der Waals surface area (Å²) >= 11 is 0. The van der Waals surface area contributed by atoms with E-state index in [2.05, 4.69) is 9.71 Å². The lowest BCUT2D eigenvalue weighted by atomic mass is 10.1. The maximum Gasteiger partial charge on any atom is 0.285 e. The molecule has 0 aromatic heterocycles. The smallest absolute Gasteiger partial charge is 0.285 e. The second kappa shape index (κ2) is 9.74. The van der Waals surface area contributed by atoms with Crippen molar-refractivity contribution in [2.45, 2.75) is 11.4 Å². The highest BCUT2D eigenvalue weighted by Crippen LogP contribution is 2.26. The number of fused-ring (bicyclic) bond motifs is 1. The highest BCUT2D eigenvalue weighted by molar-refractivity contribution is 7.90. The predicted octanol–water partition coefficient (Wildman–Crippen LogP) is 3.59. The largest absolute Gasteiger partial charge is 0.339 e. The fourth-order valence-electron chi connectivity index (χ4n) is 3.59. The first kappa shape index (κ1) is 23.6. The molecule has 3 aromatic carbocycles. The topological polar surface area (TPSA) is 82.1 Å². The van der Waals surface area contributed by atoms with Crippen LogP contribution in [0.2, 0.25) is 0 Å². The number of likely N-dealkylation sites (N-methyl/N-ethyl adjacent to an activating group) is 1. The van der Waals surface area contributed by atoms with Gasteiger partial charge < -0.3 is 15.1 Å². The summed E-state index contributed by atoms with van der Waals surface area (Å²) in [4.78, 5) is 17.1. The van der Waals surface area contributed by atoms with E-state index < -0.39 is 10.0 Å². The van der Waals surface area contributed by atoms with Gasteiger partial charge in [-0.15, -0.1) is 4.40 Å². The summed E-state index contributed by atoms with van der Waals surface area (Å²) in [7, 11) is 0.155. The van der Waals surface area contributed by atoms with Crippen molar-refractivity contribution in [2.75, 3.05) is 32.5 Å². The van der Waals surface area contributed by atoms with E-state index in [9.17, 15) is 17.6 Å². The molecule has 7 nitrogen and oxygen atoms in total. The molecule has 34 heavy (non-hydrogen) atoms. The van der Waals surface area contributed by atoms with E-state index in [0.29, 0.717) is 36.4 Å². The zero-order valence-electron chi connectivity index (χ0n) is 18.9. The number of sulfonamides is 1. The van der Waals surface area contributed by atoms with Crippen molar-refractivity contribution in [3.8, 4) is 0 Å². The van der Waals surface area contributed by atoms with Gasteiger partial charge >= 0.3 is 0 Å². The van der Waals surface area contributed by atoms with Crippen LogP contribution in [0.4, 0.5) is 10.1 Å². The summed E-state index contributed by atoms with van der Waals surface area (Å²) in [5.41, 5.74) is 2.45. The van der Waals surface area contributed by atoms with Crippen LogP contribution in [0.1, 0.15) is 21.5 Å². The van der Waals surface area contributed by atoms with E-state index >= 15 is 0 Å². The first-order valence-corrected chi connectivity index (χ1v) is 12.2. The minimum absolute atomic E-state index is 0.149. The van der Waals surface area contributed by atoms with Crippen molar-refractivity contribution in [3.05, 3.63) is 95.3 Å². The lowest BCUT2D eigenvalue weighted by Crippen LogP contribution is -2.36. The number of carbonyl (C=O) groups excluding carboxylic acids is 1. The molecule has 3 aromatic rings.